The van der Waals surface area contributed by atoms with Crippen molar-refractivity contribution < 1.29 is 19.4 Å². The molecule has 1 aromatic carbocycles. The number of amides is 1. The number of carbonyl (C=O) groups excluding carboxylic acids is 1. The predicted octanol–water partition coefficient (Wildman–Crippen LogP) is 2.05. The lowest BCUT2D eigenvalue weighted by molar-refractivity contribution is -0.145. The summed E-state index contributed by atoms with van der Waals surface area (Å²) in [5, 5.41) is 11.5. The van der Waals surface area contributed by atoms with Gasteiger partial charge in [0.2, 0.25) is 5.91 Å². The van der Waals surface area contributed by atoms with Crippen molar-refractivity contribution in [1.82, 2.24) is 0 Å². The lowest BCUT2D eigenvalue weighted by Crippen LogP contribution is -2.28. The molecule has 0 fully saturated rings. The van der Waals surface area contributed by atoms with Gasteiger partial charge in [0, 0.05) is 5.69 Å². The van der Waals surface area contributed by atoms with Crippen LogP contribution in [0.4, 0.5) is 5.69 Å². The highest BCUT2D eigenvalue weighted by atomic mass is 16.5. The number of aryl methyl sites for hydroxylation is 1. The van der Waals surface area contributed by atoms with Gasteiger partial charge < -0.3 is 15.2 Å². The largest absolute Gasteiger partial charge is 0.496 e. The summed E-state index contributed by atoms with van der Waals surface area (Å²) in [5.41, 5.74) is 1.44. The Kier molecular flexibility index (Phi) is 4.71. The first kappa shape index (κ1) is 14.0. The Balaban J connectivity index is 2.82. The van der Waals surface area contributed by atoms with Crippen LogP contribution in [0.3, 0.4) is 0 Å². The molecule has 0 aromatic heterocycles. The first-order valence-electron chi connectivity index (χ1n) is 5.67. The fraction of sp³-hybridized carbons (Fsp3) is 0.385. The van der Waals surface area contributed by atoms with Gasteiger partial charge in [-0.15, -0.1) is 0 Å². The predicted molar refractivity (Wildman–Crippen MR) is 67.8 cm³/mol. The van der Waals surface area contributed by atoms with E-state index in [1.807, 2.05) is 6.92 Å². The molecule has 5 heteroatoms. The van der Waals surface area contributed by atoms with Crippen molar-refractivity contribution in [2.75, 3.05) is 12.4 Å². The molecule has 0 aliphatic carbocycles. The quantitative estimate of drug-likeness (QED) is 0.785. The Morgan fingerprint density at radius 3 is 2.56 bits per heavy atom. The molecule has 2 N–H and O–H groups in total. The second-order valence-electron chi connectivity index (χ2n) is 3.97. The molecular weight excluding hydrogens is 234 g/mol. The summed E-state index contributed by atoms with van der Waals surface area (Å²) in [5.74, 6) is -1.92. The number of hydrogen-bond donors (Lipinski definition) is 2. The summed E-state index contributed by atoms with van der Waals surface area (Å²) < 4.78 is 5.10. The van der Waals surface area contributed by atoms with E-state index in [0.717, 1.165) is 11.3 Å². The summed E-state index contributed by atoms with van der Waals surface area (Å²) in [4.78, 5) is 22.6. The molecule has 1 atom stereocenters. The zero-order valence-corrected chi connectivity index (χ0v) is 10.7. The molecule has 0 heterocycles. The van der Waals surface area contributed by atoms with Crippen LogP contribution in [-0.4, -0.2) is 24.1 Å². The van der Waals surface area contributed by atoms with Crippen molar-refractivity contribution in [3.63, 3.8) is 0 Å². The van der Waals surface area contributed by atoms with E-state index in [0.29, 0.717) is 5.69 Å². The van der Waals surface area contributed by atoms with E-state index in [-0.39, 0.29) is 6.42 Å². The molecule has 5 nitrogen and oxygen atoms in total. The molecule has 0 bridgehead atoms. The van der Waals surface area contributed by atoms with Crippen LogP contribution in [0.2, 0.25) is 0 Å². The lowest BCUT2D eigenvalue weighted by Gasteiger charge is -2.12. The maximum Gasteiger partial charge on any atom is 0.316 e. The van der Waals surface area contributed by atoms with Gasteiger partial charge in [-0.3, -0.25) is 9.59 Å². The van der Waals surface area contributed by atoms with Crippen molar-refractivity contribution in [2.24, 2.45) is 5.92 Å². The number of hydrogen-bond acceptors (Lipinski definition) is 3. The van der Waals surface area contributed by atoms with Crippen molar-refractivity contribution in [2.45, 2.75) is 20.3 Å². The number of anilines is 1. The fourth-order valence-electron chi connectivity index (χ4n) is 1.66. The maximum absolute atomic E-state index is 11.7. The van der Waals surface area contributed by atoms with E-state index in [9.17, 15) is 9.59 Å². The number of rotatable bonds is 5. The molecule has 0 aliphatic heterocycles. The highest BCUT2D eigenvalue weighted by molar-refractivity contribution is 6.04. The van der Waals surface area contributed by atoms with E-state index >= 15 is 0 Å². The fourth-order valence-corrected chi connectivity index (χ4v) is 1.66. The minimum absolute atomic E-state index is 0.260. The van der Waals surface area contributed by atoms with E-state index in [1.165, 1.54) is 0 Å². The molecular formula is C13H17NO4. The molecule has 1 unspecified atom stereocenters. The third-order valence-corrected chi connectivity index (χ3v) is 2.69. The minimum atomic E-state index is -1.11. The molecule has 0 saturated carbocycles. The average Bonchev–Trinajstić information content (AvgIpc) is 2.29. The SMILES string of the molecule is CCC(C(=O)O)C(=O)Nc1ccc(OC)c(C)c1. The topological polar surface area (TPSA) is 75.6 Å². The number of ether oxygens (including phenoxy) is 1. The second kappa shape index (κ2) is 6.05. The summed E-state index contributed by atoms with van der Waals surface area (Å²) in [7, 11) is 1.57. The Hall–Kier alpha value is -2.04. The van der Waals surface area contributed by atoms with Crippen molar-refractivity contribution in [3.05, 3.63) is 23.8 Å². The monoisotopic (exact) mass is 251 g/mol. The van der Waals surface area contributed by atoms with Gasteiger partial charge >= 0.3 is 5.97 Å². The van der Waals surface area contributed by atoms with E-state index in [1.54, 1.807) is 32.2 Å². The van der Waals surface area contributed by atoms with Gasteiger partial charge in [0.25, 0.3) is 0 Å². The Bertz CT molecular complexity index is 456. The average molecular weight is 251 g/mol. The van der Waals surface area contributed by atoms with Gasteiger partial charge in [0.15, 0.2) is 0 Å². The maximum atomic E-state index is 11.7. The molecule has 0 aliphatic rings. The van der Waals surface area contributed by atoms with Crippen LogP contribution in [0.5, 0.6) is 5.75 Å². The molecule has 1 aromatic rings. The number of methoxy groups -OCH3 is 1. The van der Waals surface area contributed by atoms with Crippen molar-refractivity contribution in [3.8, 4) is 5.75 Å². The summed E-state index contributed by atoms with van der Waals surface area (Å²) >= 11 is 0. The standard InChI is InChI=1S/C13H17NO4/c1-4-10(13(16)17)12(15)14-9-5-6-11(18-3)8(2)7-9/h5-7,10H,4H2,1-3H3,(H,14,15)(H,16,17). The first-order chi connectivity index (χ1) is 8.49. The van der Waals surface area contributed by atoms with Crippen LogP contribution >= 0.6 is 0 Å². The second-order valence-corrected chi connectivity index (χ2v) is 3.97. The van der Waals surface area contributed by atoms with Gasteiger partial charge in [-0.25, -0.2) is 0 Å². The zero-order chi connectivity index (χ0) is 13.7. The van der Waals surface area contributed by atoms with Gasteiger partial charge in [-0.05, 0) is 37.1 Å². The van der Waals surface area contributed by atoms with Gasteiger partial charge in [0.05, 0.1) is 7.11 Å². The number of carboxylic acid groups (broad SMARTS) is 1. The van der Waals surface area contributed by atoms with Crippen LogP contribution in [0.1, 0.15) is 18.9 Å². The Morgan fingerprint density at radius 2 is 2.11 bits per heavy atom. The highest BCUT2D eigenvalue weighted by Crippen LogP contribution is 2.22. The van der Waals surface area contributed by atoms with Crippen LogP contribution in [0, 0.1) is 12.8 Å². The van der Waals surface area contributed by atoms with Gasteiger partial charge in [-0.2, -0.15) is 0 Å². The first-order valence-corrected chi connectivity index (χ1v) is 5.67. The number of benzene rings is 1. The highest BCUT2D eigenvalue weighted by Gasteiger charge is 2.24. The smallest absolute Gasteiger partial charge is 0.316 e. The molecule has 0 spiro atoms. The van der Waals surface area contributed by atoms with E-state index in [2.05, 4.69) is 5.32 Å². The number of nitrogens with one attached hydrogen (secondary N) is 1. The summed E-state index contributed by atoms with van der Waals surface area (Å²) in [6.07, 6.45) is 0.260. The summed E-state index contributed by atoms with van der Waals surface area (Å²) in [6, 6.07) is 5.15. The van der Waals surface area contributed by atoms with Crippen molar-refractivity contribution >= 4 is 17.6 Å². The van der Waals surface area contributed by atoms with E-state index in [4.69, 9.17) is 9.84 Å². The molecule has 18 heavy (non-hydrogen) atoms. The summed E-state index contributed by atoms with van der Waals surface area (Å²) in [6.45, 7) is 3.51. The van der Waals surface area contributed by atoms with Crippen LogP contribution in [-0.2, 0) is 9.59 Å². The van der Waals surface area contributed by atoms with Crippen LogP contribution in [0.15, 0.2) is 18.2 Å². The third-order valence-electron chi connectivity index (χ3n) is 2.69. The lowest BCUT2D eigenvalue weighted by atomic mass is 10.1. The molecule has 1 amide bonds. The van der Waals surface area contributed by atoms with E-state index < -0.39 is 17.8 Å². The Labute approximate surface area is 106 Å². The molecule has 0 saturated heterocycles. The Morgan fingerprint density at radius 1 is 1.44 bits per heavy atom. The molecule has 1 rings (SSSR count). The molecule has 0 radical (unpaired) electrons. The molecule has 98 valence electrons. The van der Waals surface area contributed by atoms with Gasteiger partial charge in [0.1, 0.15) is 11.7 Å². The number of aliphatic carboxylic acids is 1. The minimum Gasteiger partial charge on any atom is -0.496 e. The number of carbonyl (C=O) groups is 2. The van der Waals surface area contributed by atoms with Crippen LogP contribution in [0.25, 0.3) is 0 Å². The van der Waals surface area contributed by atoms with Gasteiger partial charge in [-0.1, -0.05) is 6.92 Å². The third kappa shape index (κ3) is 3.23. The van der Waals surface area contributed by atoms with Crippen molar-refractivity contribution in [1.29, 1.82) is 0 Å². The van der Waals surface area contributed by atoms with Crippen LogP contribution < -0.4 is 10.1 Å². The normalized spacial score (nSPS) is 11.7. The number of carboxylic acids is 1. The zero-order valence-electron chi connectivity index (χ0n) is 10.7.